The summed E-state index contributed by atoms with van der Waals surface area (Å²) in [5.41, 5.74) is 12.9. The van der Waals surface area contributed by atoms with E-state index in [9.17, 15) is 5.26 Å². The molecule has 1 aromatic carbocycles. The molecule has 0 aliphatic carbocycles. The molecule has 0 spiro atoms. The van der Waals surface area contributed by atoms with Crippen molar-refractivity contribution in [2.75, 3.05) is 24.5 Å². The van der Waals surface area contributed by atoms with Crippen LogP contribution in [0.5, 0.6) is 0 Å². The second kappa shape index (κ2) is 8.47. The van der Waals surface area contributed by atoms with Gasteiger partial charge >= 0.3 is 0 Å². The second-order valence-corrected chi connectivity index (χ2v) is 12.2. The molecule has 3 aliphatic heterocycles. The van der Waals surface area contributed by atoms with Crippen LogP contribution in [0.1, 0.15) is 78.0 Å². The molecule has 0 saturated heterocycles. The van der Waals surface area contributed by atoms with E-state index in [2.05, 4.69) is 77.6 Å². The Kier molecular flexibility index (Phi) is 6.07. The number of nitrogens with two attached hydrogens (primary N) is 1. The molecular formula is C30H39N3O. The molecule has 34 heavy (non-hydrogen) atoms. The standard InChI is InChI=1S/C30H39N3O/c1-28(2,3)26-17-21(22(18-31)19-32)16-23(34-26)9-8-20-14-24-27-25(15-20)30(6,7)11-13-33(27)12-10-29(24,4)5/h8-9,14-17H,10-13,18,31H2,1-7H3/b9-8+,22-21+. The number of hydrogen-bond donors (Lipinski definition) is 1. The summed E-state index contributed by atoms with van der Waals surface area (Å²) in [5, 5.41) is 9.55. The zero-order valence-electron chi connectivity index (χ0n) is 21.9. The average Bonchev–Trinajstić information content (AvgIpc) is 2.76. The second-order valence-electron chi connectivity index (χ2n) is 12.2. The molecule has 0 radical (unpaired) electrons. The third-order valence-electron chi connectivity index (χ3n) is 7.60. The molecule has 0 saturated carbocycles. The summed E-state index contributed by atoms with van der Waals surface area (Å²) in [4.78, 5) is 2.59. The maximum atomic E-state index is 9.55. The summed E-state index contributed by atoms with van der Waals surface area (Å²) in [6, 6.07) is 6.98. The quantitative estimate of drug-likeness (QED) is 0.527. The van der Waals surface area contributed by atoms with Crippen LogP contribution in [0.2, 0.25) is 0 Å². The zero-order chi connectivity index (χ0) is 24.9. The van der Waals surface area contributed by atoms with Gasteiger partial charge in [0, 0.05) is 30.7 Å². The summed E-state index contributed by atoms with van der Waals surface area (Å²) in [7, 11) is 0. The lowest BCUT2D eigenvalue weighted by molar-refractivity contribution is 0.223. The van der Waals surface area contributed by atoms with Crippen LogP contribution in [-0.2, 0) is 15.6 Å². The molecule has 4 heteroatoms. The smallest absolute Gasteiger partial charge is 0.127 e. The van der Waals surface area contributed by atoms with E-state index in [1.54, 1.807) is 0 Å². The largest absolute Gasteiger partial charge is 0.461 e. The Morgan fingerprint density at radius 2 is 1.65 bits per heavy atom. The van der Waals surface area contributed by atoms with Gasteiger partial charge in [0.1, 0.15) is 11.5 Å². The Labute approximate surface area is 205 Å². The van der Waals surface area contributed by atoms with Gasteiger partial charge in [0.15, 0.2) is 0 Å². The number of rotatable bonds is 3. The topological polar surface area (TPSA) is 62.3 Å². The monoisotopic (exact) mass is 457 g/mol. The Balaban J connectivity index is 1.78. The highest BCUT2D eigenvalue weighted by Gasteiger charge is 2.39. The fourth-order valence-corrected chi connectivity index (χ4v) is 5.11. The minimum atomic E-state index is -0.179. The zero-order valence-corrected chi connectivity index (χ0v) is 21.9. The first kappa shape index (κ1) is 24.4. The van der Waals surface area contributed by atoms with Crippen molar-refractivity contribution in [3.63, 3.8) is 0 Å². The molecule has 0 amide bonds. The third kappa shape index (κ3) is 4.46. The minimum absolute atomic E-state index is 0.152. The summed E-state index contributed by atoms with van der Waals surface area (Å²) in [6.07, 6.45) is 10.4. The van der Waals surface area contributed by atoms with Crippen LogP contribution in [0.15, 0.2) is 53.0 Å². The predicted molar refractivity (Wildman–Crippen MR) is 141 cm³/mol. The first-order valence-electron chi connectivity index (χ1n) is 12.4. The fourth-order valence-electron chi connectivity index (χ4n) is 5.11. The lowest BCUT2D eigenvalue weighted by atomic mass is 9.69. The van der Waals surface area contributed by atoms with Gasteiger partial charge in [-0.2, -0.15) is 5.26 Å². The first-order valence-corrected chi connectivity index (χ1v) is 12.4. The van der Waals surface area contributed by atoms with Crippen molar-refractivity contribution < 1.29 is 4.74 Å². The van der Waals surface area contributed by atoms with Gasteiger partial charge < -0.3 is 15.4 Å². The summed E-state index contributed by atoms with van der Waals surface area (Å²) < 4.78 is 6.26. The summed E-state index contributed by atoms with van der Waals surface area (Å²) in [6.45, 7) is 18.3. The van der Waals surface area contributed by atoms with E-state index < -0.39 is 0 Å². The molecule has 0 aromatic heterocycles. The Bertz CT molecular complexity index is 1120. The maximum absolute atomic E-state index is 9.55. The van der Waals surface area contributed by atoms with E-state index in [0.29, 0.717) is 5.57 Å². The normalized spacial score (nSPS) is 22.4. The molecule has 4 rings (SSSR count). The first-order chi connectivity index (χ1) is 15.9. The number of anilines is 1. The lowest BCUT2D eigenvalue weighted by Crippen LogP contribution is -2.44. The minimum Gasteiger partial charge on any atom is -0.461 e. The summed E-state index contributed by atoms with van der Waals surface area (Å²) in [5.74, 6) is 1.57. The van der Waals surface area contributed by atoms with E-state index in [-0.39, 0.29) is 22.8 Å². The third-order valence-corrected chi connectivity index (χ3v) is 7.60. The maximum Gasteiger partial charge on any atom is 0.127 e. The number of hydrogen-bond acceptors (Lipinski definition) is 4. The predicted octanol–water partition coefficient (Wildman–Crippen LogP) is 6.49. The van der Waals surface area contributed by atoms with Crippen molar-refractivity contribution in [3.8, 4) is 6.07 Å². The average molecular weight is 458 g/mol. The van der Waals surface area contributed by atoms with Gasteiger partial charge in [-0.05, 0) is 76.3 Å². The molecule has 0 bridgehead atoms. The van der Waals surface area contributed by atoms with Crippen LogP contribution in [0.25, 0.3) is 6.08 Å². The van der Waals surface area contributed by atoms with Gasteiger partial charge in [-0.25, -0.2) is 0 Å². The number of nitriles is 1. The molecule has 0 unspecified atom stereocenters. The van der Waals surface area contributed by atoms with Crippen LogP contribution < -0.4 is 10.6 Å². The van der Waals surface area contributed by atoms with Crippen LogP contribution >= 0.6 is 0 Å². The number of allylic oxidation sites excluding steroid dienone is 5. The lowest BCUT2D eigenvalue weighted by Gasteiger charge is -2.48. The van der Waals surface area contributed by atoms with Gasteiger partial charge in [-0.3, -0.25) is 0 Å². The number of benzene rings is 1. The summed E-state index contributed by atoms with van der Waals surface area (Å²) >= 11 is 0. The highest BCUT2D eigenvalue weighted by molar-refractivity contribution is 5.72. The van der Waals surface area contributed by atoms with E-state index in [1.807, 2.05) is 18.2 Å². The molecule has 4 nitrogen and oxygen atoms in total. The molecule has 1 aromatic rings. The van der Waals surface area contributed by atoms with Crippen molar-refractivity contribution in [2.45, 2.75) is 72.1 Å². The van der Waals surface area contributed by atoms with E-state index >= 15 is 0 Å². The molecular weight excluding hydrogens is 418 g/mol. The number of nitrogens with zero attached hydrogens (tertiary/aromatic N) is 2. The van der Waals surface area contributed by atoms with Crippen LogP contribution in [0.4, 0.5) is 5.69 Å². The Hall–Kier alpha value is -2.77. The Morgan fingerprint density at radius 3 is 2.15 bits per heavy atom. The van der Waals surface area contributed by atoms with Crippen LogP contribution in [0, 0.1) is 16.7 Å². The highest BCUT2D eigenvalue weighted by atomic mass is 16.5. The fraction of sp³-hybridized carbons (Fsp3) is 0.500. The molecule has 0 atom stereocenters. The van der Waals surface area contributed by atoms with Gasteiger partial charge in [-0.1, -0.05) is 54.5 Å². The van der Waals surface area contributed by atoms with Gasteiger partial charge in [0.25, 0.3) is 0 Å². The Morgan fingerprint density at radius 1 is 1.06 bits per heavy atom. The van der Waals surface area contributed by atoms with Crippen LogP contribution in [-0.4, -0.2) is 19.6 Å². The van der Waals surface area contributed by atoms with Crippen molar-refractivity contribution in [1.29, 1.82) is 5.26 Å². The van der Waals surface area contributed by atoms with E-state index in [1.165, 1.54) is 35.2 Å². The van der Waals surface area contributed by atoms with Gasteiger partial charge in [0.05, 0.1) is 11.6 Å². The van der Waals surface area contributed by atoms with E-state index in [4.69, 9.17) is 10.5 Å². The van der Waals surface area contributed by atoms with Gasteiger partial charge in [0.2, 0.25) is 0 Å². The molecule has 3 aliphatic rings. The van der Waals surface area contributed by atoms with Gasteiger partial charge in [-0.15, -0.1) is 0 Å². The van der Waals surface area contributed by atoms with Crippen molar-refractivity contribution in [2.24, 2.45) is 11.1 Å². The van der Waals surface area contributed by atoms with Crippen molar-refractivity contribution in [3.05, 3.63) is 69.7 Å². The highest BCUT2D eigenvalue weighted by Crippen LogP contribution is 2.49. The van der Waals surface area contributed by atoms with Crippen LogP contribution in [0.3, 0.4) is 0 Å². The number of ether oxygens (including phenoxy) is 1. The molecule has 3 heterocycles. The SMILES string of the molecule is CC(C)(C)C1=C/C(=C(/C#N)CN)C=C(/C=C/c2cc3c4c(c2)C(C)(C)CCN4CCC3(C)C)O1. The molecule has 2 N–H and O–H groups in total. The molecule has 0 fully saturated rings. The van der Waals surface area contributed by atoms with Crippen molar-refractivity contribution in [1.82, 2.24) is 0 Å². The molecule has 180 valence electrons. The van der Waals surface area contributed by atoms with Crippen molar-refractivity contribution >= 4 is 11.8 Å². The van der Waals surface area contributed by atoms with E-state index in [0.717, 1.165) is 30.2 Å².